The minimum absolute atomic E-state index is 0.349. The van der Waals surface area contributed by atoms with Gasteiger partial charge in [0, 0.05) is 12.1 Å². The highest BCUT2D eigenvalue weighted by atomic mass is 16.5. The van der Waals surface area contributed by atoms with Crippen LogP contribution in [0.4, 0.5) is 5.69 Å². The van der Waals surface area contributed by atoms with E-state index in [4.69, 9.17) is 15.2 Å². The molecule has 1 atom stereocenters. The van der Waals surface area contributed by atoms with E-state index in [1.165, 1.54) is 0 Å². The van der Waals surface area contributed by atoms with E-state index in [0.717, 1.165) is 30.3 Å². The predicted octanol–water partition coefficient (Wildman–Crippen LogP) is 2.94. The molecule has 0 saturated heterocycles. The van der Waals surface area contributed by atoms with E-state index in [1.807, 2.05) is 32.0 Å². The van der Waals surface area contributed by atoms with Gasteiger partial charge in [-0.05, 0) is 46.0 Å². The van der Waals surface area contributed by atoms with Crippen LogP contribution < -0.4 is 20.5 Å². The Morgan fingerprint density at radius 2 is 1.83 bits per heavy atom. The summed E-state index contributed by atoms with van der Waals surface area (Å²) >= 11 is 0. The van der Waals surface area contributed by atoms with Crippen LogP contribution >= 0.6 is 0 Å². The maximum absolute atomic E-state index is 6.05. The number of nitrogens with one attached hydrogen (secondary N) is 1. The van der Waals surface area contributed by atoms with Crippen LogP contribution in [0.1, 0.15) is 34.6 Å². The molecular weight excluding hydrogens is 304 g/mol. The first-order valence-corrected chi connectivity index (χ1v) is 8.76. The third-order valence-corrected chi connectivity index (χ3v) is 3.79. The topological polar surface area (TPSA) is 72.1 Å². The van der Waals surface area contributed by atoms with Gasteiger partial charge in [-0.25, -0.2) is 0 Å². The Kier molecular flexibility index (Phi) is 9.01. The first-order valence-electron chi connectivity index (χ1n) is 8.76. The number of hydrogen-bond donors (Lipinski definition) is 2. The summed E-state index contributed by atoms with van der Waals surface area (Å²) in [5.74, 6) is 1.88. The van der Waals surface area contributed by atoms with Gasteiger partial charge >= 0.3 is 0 Å². The summed E-state index contributed by atoms with van der Waals surface area (Å²) in [5, 5.41) is 3.13. The van der Waals surface area contributed by atoms with Crippen LogP contribution in [0.2, 0.25) is 0 Å². The van der Waals surface area contributed by atoms with E-state index in [9.17, 15) is 0 Å². The molecule has 1 aromatic rings. The Labute approximate surface area is 146 Å². The van der Waals surface area contributed by atoms with Crippen molar-refractivity contribution in [3.05, 3.63) is 18.2 Å². The lowest BCUT2D eigenvalue weighted by Gasteiger charge is -2.24. The van der Waals surface area contributed by atoms with Crippen molar-refractivity contribution in [3.8, 4) is 11.5 Å². The molecule has 24 heavy (non-hydrogen) atoms. The highest BCUT2D eigenvalue weighted by molar-refractivity contribution is 5.94. The number of rotatable bonds is 10. The number of ether oxygens (including phenoxy) is 2. The number of benzene rings is 1. The molecule has 0 aliphatic carbocycles. The smallest absolute Gasteiger partial charge is 0.193 e. The molecule has 136 valence electrons. The molecule has 0 bridgehead atoms. The minimum atomic E-state index is 0.349. The average molecular weight is 336 g/mol. The van der Waals surface area contributed by atoms with E-state index >= 15 is 0 Å². The molecule has 1 unspecified atom stereocenters. The molecule has 0 spiro atoms. The number of likely N-dealkylation sites (N-methyl/N-ethyl adjacent to an activating group) is 1. The van der Waals surface area contributed by atoms with Gasteiger partial charge in [0.2, 0.25) is 0 Å². The van der Waals surface area contributed by atoms with Crippen LogP contribution in [0, 0.1) is 0 Å². The molecule has 0 saturated carbocycles. The molecule has 0 heterocycles. The van der Waals surface area contributed by atoms with Crippen LogP contribution in [0.15, 0.2) is 23.2 Å². The standard InChI is InChI=1S/C18H32N4O2/c1-6-22(7-2)14(5)13-20-18(19)21-16-12-15(23-8-3)10-11-17(16)24-9-4/h10-12,14H,6-9,13H2,1-5H3,(H3,19,20,21). The number of aliphatic imine (C=N–C) groups is 1. The Bertz CT molecular complexity index is 516. The second kappa shape index (κ2) is 10.8. The zero-order valence-electron chi connectivity index (χ0n) is 15.6. The molecule has 0 radical (unpaired) electrons. The summed E-state index contributed by atoms with van der Waals surface area (Å²) < 4.78 is 11.2. The van der Waals surface area contributed by atoms with Crippen molar-refractivity contribution in [1.29, 1.82) is 0 Å². The van der Waals surface area contributed by atoms with Crippen molar-refractivity contribution in [3.63, 3.8) is 0 Å². The molecule has 0 fully saturated rings. The van der Waals surface area contributed by atoms with E-state index in [-0.39, 0.29) is 0 Å². The average Bonchev–Trinajstić information content (AvgIpc) is 2.57. The molecular formula is C18H32N4O2. The van der Waals surface area contributed by atoms with E-state index < -0.39 is 0 Å². The van der Waals surface area contributed by atoms with Gasteiger partial charge in [0.15, 0.2) is 5.96 Å². The first kappa shape index (κ1) is 20.1. The molecule has 6 nitrogen and oxygen atoms in total. The summed E-state index contributed by atoms with van der Waals surface area (Å²) in [6.07, 6.45) is 0. The Morgan fingerprint density at radius 1 is 1.17 bits per heavy atom. The van der Waals surface area contributed by atoms with Crippen molar-refractivity contribution in [2.75, 3.05) is 38.2 Å². The van der Waals surface area contributed by atoms with Gasteiger partial charge < -0.3 is 20.5 Å². The van der Waals surface area contributed by atoms with Gasteiger partial charge in [0.25, 0.3) is 0 Å². The molecule has 3 N–H and O–H groups in total. The van der Waals surface area contributed by atoms with Crippen molar-refractivity contribution in [2.24, 2.45) is 10.7 Å². The molecule has 1 aromatic carbocycles. The van der Waals surface area contributed by atoms with Gasteiger partial charge in [-0.2, -0.15) is 0 Å². The monoisotopic (exact) mass is 336 g/mol. The van der Waals surface area contributed by atoms with Crippen molar-refractivity contribution >= 4 is 11.6 Å². The molecule has 0 amide bonds. The van der Waals surface area contributed by atoms with Crippen LogP contribution in [0.3, 0.4) is 0 Å². The molecule has 1 rings (SSSR count). The summed E-state index contributed by atoms with van der Waals surface area (Å²) in [6, 6.07) is 5.99. The van der Waals surface area contributed by atoms with Gasteiger partial charge in [-0.3, -0.25) is 9.89 Å². The lowest BCUT2D eigenvalue weighted by Crippen LogP contribution is -2.36. The van der Waals surface area contributed by atoms with E-state index in [0.29, 0.717) is 31.8 Å². The third-order valence-electron chi connectivity index (χ3n) is 3.79. The van der Waals surface area contributed by atoms with E-state index in [1.54, 1.807) is 0 Å². The maximum atomic E-state index is 6.05. The van der Waals surface area contributed by atoms with Crippen molar-refractivity contribution in [1.82, 2.24) is 4.90 Å². The molecule has 0 aliphatic rings. The predicted molar refractivity (Wildman–Crippen MR) is 101 cm³/mol. The fourth-order valence-corrected chi connectivity index (χ4v) is 2.51. The second-order valence-electron chi connectivity index (χ2n) is 5.45. The van der Waals surface area contributed by atoms with Crippen LogP contribution in [0.5, 0.6) is 11.5 Å². The van der Waals surface area contributed by atoms with Crippen LogP contribution in [-0.4, -0.2) is 49.7 Å². The summed E-state index contributed by atoms with van der Waals surface area (Å²) in [6.45, 7) is 14.2. The molecule has 6 heteroatoms. The lowest BCUT2D eigenvalue weighted by molar-refractivity contribution is 0.237. The fourth-order valence-electron chi connectivity index (χ4n) is 2.51. The second-order valence-corrected chi connectivity index (χ2v) is 5.45. The first-order chi connectivity index (χ1) is 11.5. The van der Waals surface area contributed by atoms with Gasteiger partial charge in [-0.15, -0.1) is 0 Å². The third kappa shape index (κ3) is 6.28. The number of guanidine groups is 1. The molecule has 0 aliphatic heterocycles. The highest BCUT2D eigenvalue weighted by Crippen LogP contribution is 2.29. The number of nitrogens with zero attached hydrogens (tertiary/aromatic N) is 2. The summed E-state index contributed by atoms with van der Waals surface area (Å²) in [4.78, 5) is 6.80. The fraction of sp³-hybridized carbons (Fsp3) is 0.611. The zero-order chi connectivity index (χ0) is 17.9. The van der Waals surface area contributed by atoms with E-state index in [2.05, 4.69) is 36.0 Å². The van der Waals surface area contributed by atoms with Crippen molar-refractivity contribution < 1.29 is 9.47 Å². The lowest BCUT2D eigenvalue weighted by atomic mass is 10.2. The highest BCUT2D eigenvalue weighted by Gasteiger charge is 2.10. The summed E-state index contributed by atoms with van der Waals surface area (Å²) in [7, 11) is 0. The van der Waals surface area contributed by atoms with Gasteiger partial charge in [0.05, 0.1) is 25.4 Å². The van der Waals surface area contributed by atoms with Crippen LogP contribution in [-0.2, 0) is 0 Å². The quantitative estimate of drug-likeness (QED) is 0.508. The summed E-state index contributed by atoms with van der Waals surface area (Å²) in [5.41, 5.74) is 6.81. The number of anilines is 1. The SMILES string of the molecule is CCOc1ccc(OCC)c(NC(N)=NCC(C)N(CC)CC)c1. The Hall–Kier alpha value is -1.95. The zero-order valence-corrected chi connectivity index (χ0v) is 15.6. The largest absolute Gasteiger partial charge is 0.494 e. The maximum Gasteiger partial charge on any atom is 0.193 e. The minimum Gasteiger partial charge on any atom is -0.494 e. The number of hydrogen-bond acceptors (Lipinski definition) is 4. The van der Waals surface area contributed by atoms with Crippen molar-refractivity contribution in [2.45, 2.75) is 40.7 Å². The normalized spacial score (nSPS) is 13.0. The molecule has 0 aromatic heterocycles. The number of nitrogens with two attached hydrogens (primary N) is 1. The van der Waals surface area contributed by atoms with Crippen LogP contribution in [0.25, 0.3) is 0 Å². The Balaban J connectivity index is 2.81. The van der Waals surface area contributed by atoms with Gasteiger partial charge in [0.1, 0.15) is 11.5 Å². The van der Waals surface area contributed by atoms with Gasteiger partial charge in [-0.1, -0.05) is 13.8 Å². The Morgan fingerprint density at radius 3 is 2.42 bits per heavy atom.